The van der Waals surface area contributed by atoms with E-state index in [2.05, 4.69) is 4.57 Å². The molecule has 1 aliphatic carbocycles. The second-order valence-electron chi connectivity index (χ2n) is 5.40. The van der Waals surface area contributed by atoms with E-state index in [4.69, 9.17) is 33.9 Å². The summed E-state index contributed by atoms with van der Waals surface area (Å²) in [4.78, 5) is 4.76. The largest absolute Gasteiger partial charge is 0.399 e. The molecule has 0 unspecified atom stereocenters. The minimum atomic E-state index is 0.494. The Bertz CT molecular complexity index is 850. The van der Waals surface area contributed by atoms with Crippen molar-refractivity contribution in [3.05, 3.63) is 52.3 Å². The summed E-state index contributed by atoms with van der Waals surface area (Å²) in [7, 11) is 0. The number of aromatic nitrogens is 2. The van der Waals surface area contributed by atoms with E-state index in [0.717, 1.165) is 35.4 Å². The van der Waals surface area contributed by atoms with Crippen LogP contribution in [0, 0.1) is 0 Å². The van der Waals surface area contributed by atoms with Gasteiger partial charge in [-0.05, 0) is 43.2 Å². The highest BCUT2D eigenvalue weighted by Gasteiger charge is 2.30. The van der Waals surface area contributed by atoms with Crippen molar-refractivity contribution in [2.75, 3.05) is 5.73 Å². The summed E-state index contributed by atoms with van der Waals surface area (Å²) in [6, 6.07) is 11.4. The fourth-order valence-corrected chi connectivity index (χ4v) is 3.03. The van der Waals surface area contributed by atoms with E-state index < -0.39 is 0 Å². The molecule has 1 aliphatic rings. The molecule has 1 aromatic heterocycles. The Hall–Kier alpha value is -1.71. The van der Waals surface area contributed by atoms with Crippen LogP contribution >= 0.6 is 23.2 Å². The molecular weight excluding hydrogens is 305 g/mol. The second-order valence-corrected chi connectivity index (χ2v) is 6.19. The van der Waals surface area contributed by atoms with Gasteiger partial charge in [0.1, 0.15) is 5.82 Å². The Morgan fingerprint density at radius 1 is 1.14 bits per heavy atom. The normalized spacial score (nSPS) is 14.8. The SMILES string of the molecule is Nc1ccc2c(c1)nc(C1CC1)n2-c1cccc(Cl)c1Cl. The number of halogens is 2. The first-order chi connectivity index (χ1) is 10.1. The third-order valence-corrected chi connectivity index (χ3v) is 4.63. The van der Waals surface area contributed by atoms with Gasteiger partial charge in [0.25, 0.3) is 0 Å². The maximum absolute atomic E-state index is 6.41. The number of nitrogens with two attached hydrogens (primary N) is 1. The van der Waals surface area contributed by atoms with Crippen molar-refractivity contribution in [3.63, 3.8) is 0 Å². The molecule has 0 spiro atoms. The molecule has 0 bridgehead atoms. The smallest absolute Gasteiger partial charge is 0.117 e. The molecule has 0 atom stereocenters. The van der Waals surface area contributed by atoms with Crippen molar-refractivity contribution in [2.45, 2.75) is 18.8 Å². The van der Waals surface area contributed by atoms with Crippen molar-refractivity contribution in [2.24, 2.45) is 0 Å². The highest BCUT2D eigenvalue weighted by molar-refractivity contribution is 6.43. The molecule has 3 aromatic rings. The molecule has 1 saturated carbocycles. The zero-order valence-electron chi connectivity index (χ0n) is 11.2. The number of imidazole rings is 1. The van der Waals surface area contributed by atoms with Crippen LogP contribution in [0.2, 0.25) is 10.0 Å². The van der Waals surface area contributed by atoms with Crippen LogP contribution in [0.5, 0.6) is 0 Å². The second kappa shape index (κ2) is 4.65. The van der Waals surface area contributed by atoms with E-state index in [0.29, 0.717) is 21.7 Å². The summed E-state index contributed by atoms with van der Waals surface area (Å²) in [6.07, 6.45) is 2.33. The third kappa shape index (κ3) is 2.08. The number of fused-ring (bicyclic) bond motifs is 1. The van der Waals surface area contributed by atoms with Gasteiger partial charge in [-0.15, -0.1) is 0 Å². The van der Waals surface area contributed by atoms with Crippen molar-refractivity contribution in [1.29, 1.82) is 0 Å². The molecule has 5 heteroatoms. The van der Waals surface area contributed by atoms with Crippen LogP contribution in [0.3, 0.4) is 0 Å². The molecule has 0 saturated heterocycles. The summed E-state index contributed by atoms with van der Waals surface area (Å²) < 4.78 is 2.11. The lowest BCUT2D eigenvalue weighted by atomic mass is 10.2. The zero-order chi connectivity index (χ0) is 14.6. The van der Waals surface area contributed by atoms with Crippen molar-refractivity contribution >= 4 is 39.9 Å². The first-order valence-electron chi connectivity index (χ1n) is 6.87. The summed E-state index contributed by atoms with van der Waals surface area (Å²) in [6.45, 7) is 0. The number of hydrogen-bond donors (Lipinski definition) is 1. The van der Waals surface area contributed by atoms with E-state index in [1.165, 1.54) is 0 Å². The van der Waals surface area contributed by atoms with E-state index in [1.807, 2.05) is 30.3 Å². The van der Waals surface area contributed by atoms with E-state index in [-0.39, 0.29) is 0 Å². The van der Waals surface area contributed by atoms with Crippen molar-refractivity contribution in [1.82, 2.24) is 9.55 Å². The zero-order valence-corrected chi connectivity index (χ0v) is 12.7. The summed E-state index contributed by atoms with van der Waals surface area (Å²) in [5.74, 6) is 1.54. The summed E-state index contributed by atoms with van der Waals surface area (Å²) in [5.41, 5.74) is 9.36. The average Bonchev–Trinajstić information content (AvgIpc) is 3.24. The molecule has 21 heavy (non-hydrogen) atoms. The minimum absolute atomic E-state index is 0.494. The lowest BCUT2D eigenvalue weighted by Gasteiger charge is -2.11. The number of hydrogen-bond acceptors (Lipinski definition) is 2. The monoisotopic (exact) mass is 317 g/mol. The Morgan fingerprint density at radius 3 is 2.71 bits per heavy atom. The molecule has 0 radical (unpaired) electrons. The van der Waals surface area contributed by atoms with Gasteiger partial charge in [-0.1, -0.05) is 29.3 Å². The third-order valence-electron chi connectivity index (χ3n) is 3.82. The topological polar surface area (TPSA) is 43.8 Å². The van der Waals surface area contributed by atoms with Crippen molar-refractivity contribution < 1.29 is 0 Å². The molecule has 2 N–H and O–H groups in total. The van der Waals surface area contributed by atoms with Gasteiger partial charge in [0.05, 0.1) is 26.8 Å². The van der Waals surface area contributed by atoms with Crippen LogP contribution in [-0.2, 0) is 0 Å². The fraction of sp³-hybridized carbons (Fsp3) is 0.188. The van der Waals surface area contributed by atoms with Crippen molar-refractivity contribution in [3.8, 4) is 5.69 Å². The lowest BCUT2D eigenvalue weighted by molar-refractivity contribution is 0.897. The number of nitrogens with zero attached hydrogens (tertiary/aromatic N) is 2. The number of anilines is 1. The van der Waals surface area contributed by atoms with Crippen LogP contribution in [0.4, 0.5) is 5.69 Å². The Balaban J connectivity index is 2.06. The highest BCUT2D eigenvalue weighted by Crippen LogP contribution is 2.43. The molecule has 3 nitrogen and oxygen atoms in total. The quantitative estimate of drug-likeness (QED) is 0.690. The molecule has 0 amide bonds. The van der Waals surface area contributed by atoms with E-state index in [9.17, 15) is 0 Å². The fourth-order valence-electron chi connectivity index (χ4n) is 2.65. The Labute approximate surface area is 132 Å². The van der Waals surface area contributed by atoms with Gasteiger partial charge in [0, 0.05) is 11.6 Å². The standard InChI is InChI=1S/C16H13Cl2N3/c17-11-2-1-3-14(15(11)18)21-13-7-6-10(19)8-12(13)20-16(21)9-4-5-9/h1-3,6-9H,4-5,19H2. The number of rotatable bonds is 2. The maximum atomic E-state index is 6.41. The molecule has 4 rings (SSSR count). The van der Waals surface area contributed by atoms with Crippen LogP contribution in [-0.4, -0.2) is 9.55 Å². The first kappa shape index (κ1) is 13.0. The maximum Gasteiger partial charge on any atom is 0.117 e. The van der Waals surface area contributed by atoms with E-state index in [1.54, 1.807) is 6.07 Å². The molecule has 106 valence electrons. The van der Waals surface area contributed by atoms with E-state index >= 15 is 0 Å². The predicted octanol–water partition coefficient (Wildman–Crippen LogP) is 4.79. The summed E-state index contributed by atoms with van der Waals surface area (Å²) >= 11 is 12.6. The van der Waals surface area contributed by atoms with Gasteiger partial charge >= 0.3 is 0 Å². The lowest BCUT2D eigenvalue weighted by Crippen LogP contribution is -2.01. The van der Waals surface area contributed by atoms with Gasteiger partial charge in [-0.25, -0.2) is 4.98 Å². The summed E-state index contributed by atoms with van der Waals surface area (Å²) in [5, 5.41) is 1.10. The van der Waals surface area contributed by atoms with Crippen LogP contribution < -0.4 is 5.73 Å². The first-order valence-corrected chi connectivity index (χ1v) is 7.63. The average molecular weight is 318 g/mol. The van der Waals surface area contributed by atoms with Gasteiger partial charge < -0.3 is 5.73 Å². The molecular formula is C16H13Cl2N3. The molecule has 2 aromatic carbocycles. The number of nitrogen functional groups attached to an aromatic ring is 1. The molecule has 1 fully saturated rings. The van der Waals surface area contributed by atoms with Gasteiger partial charge in [0.2, 0.25) is 0 Å². The highest BCUT2D eigenvalue weighted by atomic mass is 35.5. The molecule has 0 aliphatic heterocycles. The van der Waals surface area contributed by atoms with Gasteiger partial charge in [-0.2, -0.15) is 0 Å². The van der Waals surface area contributed by atoms with Gasteiger partial charge in [-0.3, -0.25) is 4.57 Å². The van der Waals surface area contributed by atoms with Gasteiger partial charge in [0.15, 0.2) is 0 Å². The predicted molar refractivity (Wildman–Crippen MR) is 87.5 cm³/mol. The van der Waals surface area contributed by atoms with Crippen LogP contribution in [0.25, 0.3) is 16.7 Å². The Morgan fingerprint density at radius 2 is 1.95 bits per heavy atom. The van der Waals surface area contributed by atoms with Crippen LogP contribution in [0.1, 0.15) is 24.6 Å². The number of benzene rings is 2. The van der Waals surface area contributed by atoms with Crippen LogP contribution in [0.15, 0.2) is 36.4 Å². The molecule has 1 heterocycles. The minimum Gasteiger partial charge on any atom is -0.399 e. The Kier molecular flexibility index (Phi) is 2.88.